The summed E-state index contributed by atoms with van der Waals surface area (Å²) in [7, 11) is -10.3. The van der Waals surface area contributed by atoms with Crippen molar-refractivity contribution in [3.63, 3.8) is 0 Å². The molecule has 0 N–H and O–H groups in total. The molecule has 1 unspecified atom stereocenters. The Labute approximate surface area is 202 Å². The predicted octanol–water partition coefficient (Wildman–Crippen LogP) is 10.1. The maximum Gasteiger partial charge on any atom is 0.415 e. The highest BCUT2D eigenvalue weighted by atomic mass is 31.2. The average Bonchev–Trinajstić information content (AvgIpc) is 2.74. The molecule has 0 aliphatic heterocycles. The van der Waals surface area contributed by atoms with Gasteiger partial charge in [-0.2, -0.15) is 33.6 Å². The zero-order valence-corrected chi connectivity index (χ0v) is 22.9. The maximum absolute atomic E-state index is 11.8. The van der Waals surface area contributed by atoms with Gasteiger partial charge in [-0.05, 0) is 25.7 Å². The molecule has 0 aliphatic carbocycles. The van der Waals surface area contributed by atoms with Crippen LogP contribution in [-0.2, 0) is 27.6 Å². The second kappa shape index (κ2) is 31.9. The maximum atomic E-state index is 11.8. The quantitative estimate of drug-likeness (QED) is 0.0790. The lowest BCUT2D eigenvalue weighted by Crippen LogP contribution is -2.17. The molecule has 0 aromatic heterocycles. The van der Waals surface area contributed by atoms with Crippen LogP contribution in [0.1, 0.15) is 51.9 Å². The van der Waals surface area contributed by atoms with E-state index in [0.717, 1.165) is 32.1 Å². The van der Waals surface area contributed by atoms with Crippen molar-refractivity contribution in [1.29, 1.82) is 0 Å². The second-order valence-electron chi connectivity index (χ2n) is 6.04. The number of rotatable bonds is 20. The van der Waals surface area contributed by atoms with Crippen molar-refractivity contribution in [2.75, 3.05) is 47.3 Å². The smallest absolute Gasteiger partial charge is 0.385 e. The number of unbranched alkanes of at least 4 members (excludes halogenated alkanes) is 4. The van der Waals surface area contributed by atoms with Gasteiger partial charge in [0.25, 0.3) is 0 Å². The van der Waals surface area contributed by atoms with Gasteiger partial charge in [0.2, 0.25) is 0 Å². The van der Waals surface area contributed by atoms with Crippen LogP contribution in [0.4, 0.5) is 33.6 Å². The molecule has 210 valence electrons. The second-order valence-corrected chi connectivity index (χ2v) is 8.64. The third-order valence-corrected chi connectivity index (χ3v) is 4.92. The Balaban J connectivity index is -0.000000435. The van der Waals surface area contributed by atoms with E-state index in [0.29, 0.717) is 13.0 Å². The molecule has 0 fully saturated rings. The van der Waals surface area contributed by atoms with Crippen molar-refractivity contribution in [2.45, 2.75) is 58.0 Å². The van der Waals surface area contributed by atoms with Gasteiger partial charge in [-0.15, -0.1) is 0 Å². The molecule has 0 amide bonds. The van der Waals surface area contributed by atoms with E-state index in [1.165, 1.54) is 7.11 Å². The van der Waals surface area contributed by atoms with Crippen LogP contribution in [0, 0.1) is 0 Å². The number of ether oxygens (including phenoxy) is 2. The van der Waals surface area contributed by atoms with Crippen LogP contribution in [0.25, 0.3) is 0 Å². The molecule has 0 rings (SSSR count). The van der Waals surface area contributed by atoms with Gasteiger partial charge in [-0.1, -0.05) is 19.8 Å². The van der Waals surface area contributed by atoms with Crippen LogP contribution in [0.2, 0.25) is 0 Å². The molecule has 1 atom stereocenters. The van der Waals surface area contributed by atoms with E-state index in [2.05, 4.69) is 22.8 Å². The Morgan fingerprint density at radius 2 is 1.03 bits per heavy atom. The first-order valence-corrected chi connectivity index (χ1v) is 14.3. The van der Waals surface area contributed by atoms with Crippen LogP contribution < -0.4 is 0 Å². The summed E-state index contributed by atoms with van der Waals surface area (Å²) in [6, 6.07) is 0. The molecule has 6 nitrogen and oxygen atoms in total. The molecule has 0 aromatic rings. The molecule has 0 aromatic carbocycles. The zero-order valence-electron chi connectivity index (χ0n) is 19.3. The lowest BCUT2D eigenvalue weighted by Gasteiger charge is -2.14. The van der Waals surface area contributed by atoms with Crippen molar-refractivity contribution in [3.8, 4) is 0 Å². The summed E-state index contributed by atoms with van der Waals surface area (Å²) in [4.78, 5) is 0. The fourth-order valence-electron chi connectivity index (χ4n) is 1.86. The molecule has 0 aliphatic rings. The molecular weight excluding hydrogens is 564 g/mol. The van der Waals surface area contributed by atoms with Crippen LogP contribution in [0.15, 0.2) is 0 Å². The van der Waals surface area contributed by atoms with Gasteiger partial charge >= 0.3 is 35.1 Å². The third-order valence-electron chi connectivity index (χ3n) is 3.33. The summed E-state index contributed by atoms with van der Waals surface area (Å²) in [5.74, 6) is 0. The van der Waals surface area contributed by atoms with E-state index in [1.807, 2.05) is 6.92 Å². The molecule has 0 heterocycles. The first-order valence-electron chi connectivity index (χ1n) is 10.1. The Kier molecular flexibility index (Phi) is 37.1. The standard InChI is InChI=1S/C6H13F2O2P.C5H10F4O3P2.C5H11F2OP/c1-9-5-3-2-4-6-10-11(7)8;1-10-4-5(12-14(8)9)2-3-11-13(6)7;1-2-3-4-5-8-9(6)7/h2-6H2,1H3;5H,2-4H2,1H3;2-5H2,1H3. The van der Waals surface area contributed by atoms with Crippen molar-refractivity contribution in [2.24, 2.45) is 0 Å². The van der Waals surface area contributed by atoms with Gasteiger partial charge < -0.3 is 23.0 Å². The van der Waals surface area contributed by atoms with Crippen LogP contribution in [-0.4, -0.2) is 53.4 Å². The number of methoxy groups -OCH3 is 2. The van der Waals surface area contributed by atoms with E-state index in [-0.39, 0.29) is 32.8 Å². The molecule has 0 saturated carbocycles. The van der Waals surface area contributed by atoms with E-state index in [9.17, 15) is 33.6 Å². The van der Waals surface area contributed by atoms with Crippen molar-refractivity contribution < 1.29 is 61.1 Å². The SMILES string of the molecule is CCCCCOP(F)F.COCC(CCOP(F)F)OP(F)F.COCCCCCOP(F)F. The Morgan fingerprint density at radius 1 is 0.559 bits per heavy atom. The van der Waals surface area contributed by atoms with Crippen molar-refractivity contribution >= 4 is 35.1 Å². The Morgan fingerprint density at radius 3 is 1.44 bits per heavy atom. The van der Waals surface area contributed by atoms with Crippen LogP contribution in [0.3, 0.4) is 0 Å². The lowest BCUT2D eigenvalue weighted by atomic mass is 10.2. The minimum absolute atomic E-state index is 0.0345. The van der Waals surface area contributed by atoms with Gasteiger partial charge in [0.15, 0.2) is 0 Å². The molecule has 0 saturated heterocycles. The molecule has 0 radical (unpaired) electrons. The molecule has 0 spiro atoms. The van der Waals surface area contributed by atoms with Crippen molar-refractivity contribution in [1.82, 2.24) is 0 Å². The van der Waals surface area contributed by atoms with E-state index >= 15 is 0 Å². The predicted molar refractivity (Wildman–Crippen MR) is 121 cm³/mol. The van der Waals surface area contributed by atoms with Gasteiger partial charge in [0.05, 0.1) is 32.5 Å². The highest BCUT2D eigenvalue weighted by Crippen LogP contribution is 2.43. The molecular formula is C16H34F8O6P4. The highest BCUT2D eigenvalue weighted by molar-refractivity contribution is 7.41. The zero-order chi connectivity index (χ0) is 26.6. The van der Waals surface area contributed by atoms with E-state index in [4.69, 9.17) is 4.74 Å². The van der Waals surface area contributed by atoms with E-state index in [1.54, 1.807) is 7.11 Å². The number of hydrogen-bond acceptors (Lipinski definition) is 6. The Hall–Kier alpha value is 0.920. The summed E-state index contributed by atoms with van der Waals surface area (Å²) in [5.41, 5.74) is 0. The molecule has 0 bridgehead atoms. The summed E-state index contributed by atoms with van der Waals surface area (Å²) >= 11 is 0. The number of hydrogen-bond donors (Lipinski definition) is 0. The van der Waals surface area contributed by atoms with Gasteiger partial charge in [-0.25, -0.2) is 0 Å². The average molecular weight is 598 g/mol. The Bertz CT molecular complexity index is 386. The fourth-order valence-corrected chi connectivity index (χ4v) is 3.03. The van der Waals surface area contributed by atoms with Gasteiger partial charge in [-0.3, -0.25) is 4.52 Å². The van der Waals surface area contributed by atoms with Gasteiger partial charge in [0.1, 0.15) is 0 Å². The van der Waals surface area contributed by atoms with Crippen LogP contribution in [0.5, 0.6) is 0 Å². The summed E-state index contributed by atoms with van der Waals surface area (Å²) < 4.78 is 118. The third kappa shape index (κ3) is 43.0. The largest absolute Gasteiger partial charge is 0.415 e. The molecule has 34 heavy (non-hydrogen) atoms. The highest BCUT2D eigenvalue weighted by Gasteiger charge is 2.17. The topological polar surface area (TPSA) is 55.4 Å². The summed E-state index contributed by atoms with van der Waals surface area (Å²) in [6.07, 6.45) is 4.33. The number of halogens is 8. The first-order chi connectivity index (χ1) is 16.1. The normalized spacial score (nSPS) is 12.1. The lowest BCUT2D eigenvalue weighted by molar-refractivity contribution is 0.0659. The minimum Gasteiger partial charge on any atom is -0.385 e. The van der Waals surface area contributed by atoms with Gasteiger partial charge in [0, 0.05) is 27.2 Å². The summed E-state index contributed by atoms with van der Waals surface area (Å²) in [6.45, 7) is 2.73. The van der Waals surface area contributed by atoms with E-state index < -0.39 is 41.2 Å². The first kappa shape index (κ1) is 39.4. The van der Waals surface area contributed by atoms with Crippen LogP contribution >= 0.6 is 35.1 Å². The molecule has 18 heteroatoms. The summed E-state index contributed by atoms with van der Waals surface area (Å²) in [5, 5.41) is 0. The monoisotopic (exact) mass is 598 g/mol. The van der Waals surface area contributed by atoms with Crippen molar-refractivity contribution in [3.05, 3.63) is 0 Å². The minimum atomic E-state index is -3.50. The fraction of sp³-hybridized carbons (Fsp3) is 1.00.